The minimum Gasteiger partial charge on any atom is -0.496 e. The van der Waals surface area contributed by atoms with E-state index in [0.29, 0.717) is 82.6 Å². The van der Waals surface area contributed by atoms with Crippen LogP contribution < -0.4 is 9.64 Å². The van der Waals surface area contributed by atoms with E-state index in [1.165, 1.54) is 21.1 Å². The van der Waals surface area contributed by atoms with Crippen molar-refractivity contribution in [3.8, 4) is 5.75 Å². The third kappa shape index (κ3) is 6.69. The molecular weight excluding hydrogens is 849 g/mol. The van der Waals surface area contributed by atoms with E-state index in [0.717, 1.165) is 33.4 Å². The van der Waals surface area contributed by atoms with Crippen LogP contribution in [0.2, 0.25) is 0 Å². The maximum Gasteiger partial charge on any atom is 0.394 e. The monoisotopic (exact) mass is 908 g/mol. The second-order valence-corrected chi connectivity index (χ2v) is 19.5. The zero-order valence-electron chi connectivity index (χ0n) is 37.4. The highest BCUT2D eigenvalue weighted by molar-refractivity contribution is 7.79. The molecule has 5 aliphatic heterocycles. The van der Waals surface area contributed by atoms with Crippen LogP contribution in [0.5, 0.6) is 5.75 Å². The number of fused-ring (bicyclic) bond motifs is 6. The molecule has 1 unspecified atom stereocenters. The molecule has 5 N–H and O–H groups in total. The number of hydrogen-bond donors (Lipinski definition) is 5. The van der Waals surface area contributed by atoms with Gasteiger partial charge in [-0.2, -0.15) is 8.42 Å². The summed E-state index contributed by atoms with van der Waals surface area (Å²) in [6.45, 7) is 8.62. The zero-order valence-corrected chi connectivity index (χ0v) is 38.2. The van der Waals surface area contributed by atoms with Gasteiger partial charge in [0.15, 0.2) is 6.10 Å². The summed E-state index contributed by atoms with van der Waals surface area (Å²) >= 11 is 0. The van der Waals surface area contributed by atoms with Gasteiger partial charge in [-0.25, -0.2) is 4.79 Å². The number of para-hydroxylation sites is 1. The maximum atomic E-state index is 15.3. The minimum atomic E-state index is -4.67. The maximum absolute atomic E-state index is 15.3. The molecular formula is C46H60N4O13S. The van der Waals surface area contributed by atoms with E-state index < -0.39 is 67.9 Å². The van der Waals surface area contributed by atoms with E-state index >= 15 is 4.79 Å². The summed E-state index contributed by atoms with van der Waals surface area (Å²) in [5.74, 6) is -1.56. The van der Waals surface area contributed by atoms with Crippen LogP contribution in [0.4, 0.5) is 5.69 Å². The number of nitrogens with zero attached hydrogens (tertiary/aromatic N) is 3. The predicted octanol–water partition coefficient (Wildman–Crippen LogP) is 3.34. The summed E-state index contributed by atoms with van der Waals surface area (Å²) in [4.78, 5) is 53.2. The van der Waals surface area contributed by atoms with Gasteiger partial charge in [0.05, 0.1) is 33.0 Å². The molecule has 1 aliphatic carbocycles. The Bertz CT molecular complexity index is 2500. The van der Waals surface area contributed by atoms with Crippen LogP contribution in [-0.2, 0) is 56.2 Å². The first-order valence-electron chi connectivity index (χ1n) is 21.9. The van der Waals surface area contributed by atoms with Gasteiger partial charge in [-0.1, -0.05) is 44.2 Å². The summed E-state index contributed by atoms with van der Waals surface area (Å²) in [5, 5.41) is 26.3. The van der Waals surface area contributed by atoms with Crippen molar-refractivity contribution in [1.29, 1.82) is 0 Å². The number of hydrogen-bond acceptors (Lipinski definition) is 14. The third-order valence-electron chi connectivity index (χ3n) is 15.6. The Labute approximate surface area is 373 Å². The SMILES string of the molecule is CC[C@@]1(O)C[C@H]2CN(CCc3c([nH]c4ccccc34)[C@](C(=O)OC)(c3cc4c(cc3OC)N(C)[C@@H]3[C@@](O)(C(=O)OC)[C@@H](OC(C)=O)[C@]5(CC)C=CCN6CC[C@]43[C@H]65)C2)C1.O=S(=O)(O)O. The van der Waals surface area contributed by atoms with Crippen molar-refractivity contribution in [2.45, 2.75) is 99.5 Å². The molecule has 1 spiro atoms. The molecule has 18 heteroatoms. The van der Waals surface area contributed by atoms with E-state index in [1.54, 1.807) is 7.11 Å². The van der Waals surface area contributed by atoms with Crippen LogP contribution in [0.15, 0.2) is 48.6 Å². The molecule has 2 bridgehead atoms. The van der Waals surface area contributed by atoms with Crippen LogP contribution in [0.25, 0.3) is 10.9 Å². The Balaban J connectivity index is 0.00000106. The fourth-order valence-corrected chi connectivity index (χ4v) is 13.5. The smallest absolute Gasteiger partial charge is 0.394 e. The second kappa shape index (κ2) is 16.1. The molecule has 6 aliphatic rings. The van der Waals surface area contributed by atoms with Crippen LogP contribution in [0, 0.1) is 11.3 Å². The number of piperidine rings is 1. The normalized spacial score (nSPS) is 35.0. The molecule has 1 aromatic heterocycles. The van der Waals surface area contributed by atoms with Crippen molar-refractivity contribution in [2.24, 2.45) is 11.3 Å². The molecule has 0 radical (unpaired) electrons. The van der Waals surface area contributed by atoms with E-state index in [2.05, 4.69) is 39.1 Å². The Hall–Kier alpha value is -4.56. The van der Waals surface area contributed by atoms with Crippen LogP contribution in [-0.4, -0.2) is 151 Å². The van der Waals surface area contributed by atoms with Gasteiger partial charge in [0.25, 0.3) is 0 Å². The van der Waals surface area contributed by atoms with Crippen molar-refractivity contribution in [3.63, 3.8) is 0 Å². The van der Waals surface area contributed by atoms with Crippen molar-refractivity contribution < 1.29 is 61.1 Å². The first-order chi connectivity index (χ1) is 30.2. The molecule has 64 heavy (non-hydrogen) atoms. The van der Waals surface area contributed by atoms with E-state index in [9.17, 15) is 19.8 Å². The number of benzene rings is 2. The number of likely N-dealkylation sites (N-methyl/N-ethyl adjacent to an activating group) is 1. The minimum absolute atomic E-state index is 0.0986. The molecule has 348 valence electrons. The second-order valence-electron chi connectivity index (χ2n) is 18.7. The average molecular weight is 909 g/mol. The van der Waals surface area contributed by atoms with Crippen LogP contribution in [0.3, 0.4) is 0 Å². The standard InChI is InChI=1S/C46H58N4O9.H2O4S/c1-8-42(54)23-28-24-45(40(52)57-6,36-30(15-19-49(25-28)26-42)29-13-10-11-14-33(29)47-36)32-21-31-34(22-35(32)56-5)48(4)38-44(31)17-20-50-18-12-16-43(9-2,37(44)50)39(59-27(3)51)46(38,55)41(53)58-7;1-5(2,3)4/h10-14,16,21-22,28,37-39,47,54-55H,8-9,15,17-20,23-26H2,1-7H3;(H2,1,2,3,4)/t28-,37-,38+,39+,42-,43-,44-,45-,46+;/m1./s1. The molecule has 1 saturated carbocycles. The predicted molar refractivity (Wildman–Crippen MR) is 235 cm³/mol. The fraction of sp³-hybridized carbons (Fsp3) is 0.587. The van der Waals surface area contributed by atoms with E-state index in [4.69, 9.17) is 36.5 Å². The van der Waals surface area contributed by atoms with Gasteiger partial charge >= 0.3 is 28.3 Å². The Morgan fingerprint density at radius 3 is 2.28 bits per heavy atom. The number of anilines is 1. The molecule has 3 aromatic rings. The summed E-state index contributed by atoms with van der Waals surface area (Å²) in [5.41, 5.74) is -1.62. The first-order valence-corrected chi connectivity index (χ1v) is 23.3. The molecule has 17 nitrogen and oxygen atoms in total. The summed E-state index contributed by atoms with van der Waals surface area (Å²) in [6.07, 6.45) is 5.94. The fourth-order valence-electron chi connectivity index (χ4n) is 13.5. The molecule has 2 aromatic carbocycles. The van der Waals surface area contributed by atoms with Gasteiger partial charge in [-0.05, 0) is 74.2 Å². The summed E-state index contributed by atoms with van der Waals surface area (Å²) in [7, 11) is 1.49. The highest BCUT2D eigenvalue weighted by Crippen LogP contribution is 2.68. The lowest BCUT2D eigenvalue weighted by Gasteiger charge is -2.63. The van der Waals surface area contributed by atoms with Crippen molar-refractivity contribution in [2.75, 3.05) is 66.0 Å². The number of H-pyrrole nitrogens is 1. The van der Waals surface area contributed by atoms with Crippen LogP contribution >= 0.6 is 0 Å². The summed E-state index contributed by atoms with van der Waals surface area (Å²) in [6, 6.07) is 11.0. The number of carbonyl (C=O) groups excluding carboxylic acids is 3. The number of esters is 3. The highest BCUT2D eigenvalue weighted by Gasteiger charge is 2.80. The lowest BCUT2D eigenvalue weighted by Crippen LogP contribution is -2.81. The lowest BCUT2D eigenvalue weighted by molar-refractivity contribution is -0.228. The molecule has 10 atom stereocenters. The lowest BCUT2D eigenvalue weighted by atomic mass is 9.47. The number of carbonyl (C=O) groups is 3. The largest absolute Gasteiger partial charge is 0.496 e. The number of rotatable bonds is 7. The highest BCUT2D eigenvalue weighted by atomic mass is 32.3. The average Bonchev–Trinajstić information content (AvgIpc) is 3.92. The van der Waals surface area contributed by atoms with Crippen molar-refractivity contribution in [1.82, 2.24) is 14.8 Å². The van der Waals surface area contributed by atoms with E-state index in [1.807, 2.05) is 50.1 Å². The number of ether oxygens (including phenoxy) is 4. The first kappa shape index (κ1) is 46.0. The van der Waals surface area contributed by atoms with Gasteiger partial charge in [0, 0.05) is 90.9 Å². The number of aromatic nitrogens is 1. The quantitative estimate of drug-likeness (QED) is 0.0992. The van der Waals surface area contributed by atoms with Crippen LogP contribution in [0.1, 0.15) is 75.3 Å². The van der Waals surface area contributed by atoms with Crippen molar-refractivity contribution in [3.05, 3.63) is 70.9 Å². The van der Waals surface area contributed by atoms with Gasteiger partial charge in [0.1, 0.15) is 11.2 Å². The molecule has 3 fully saturated rings. The van der Waals surface area contributed by atoms with Crippen molar-refractivity contribution >= 4 is 44.9 Å². The zero-order chi connectivity index (χ0) is 46.4. The molecule has 9 rings (SSSR count). The van der Waals surface area contributed by atoms with Gasteiger partial charge in [-0.3, -0.25) is 28.5 Å². The third-order valence-corrected chi connectivity index (χ3v) is 15.6. The molecule has 6 heterocycles. The molecule has 2 saturated heterocycles. The van der Waals surface area contributed by atoms with E-state index in [-0.39, 0.29) is 12.0 Å². The van der Waals surface area contributed by atoms with Gasteiger partial charge in [0.2, 0.25) is 5.60 Å². The number of aromatic amines is 1. The summed E-state index contributed by atoms with van der Waals surface area (Å²) < 4.78 is 55.5. The number of methoxy groups -OCH3 is 3. The number of nitrogens with one attached hydrogen (secondary N) is 1. The Morgan fingerprint density at radius 1 is 0.938 bits per heavy atom. The van der Waals surface area contributed by atoms with Gasteiger partial charge < -0.3 is 39.0 Å². The Kier molecular flexibility index (Phi) is 11.6. The number of aliphatic hydroxyl groups is 2. The molecule has 0 amide bonds. The topological polar surface area (TPSA) is 229 Å². The Morgan fingerprint density at radius 2 is 1.64 bits per heavy atom. The van der Waals surface area contributed by atoms with Gasteiger partial charge in [-0.15, -0.1) is 0 Å².